The third-order valence-electron chi connectivity index (χ3n) is 3.62. The normalized spacial score (nSPS) is 18.1. The van der Waals surface area contributed by atoms with E-state index in [1.165, 1.54) is 5.56 Å². The minimum absolute atomic E-state index is 0.567. The third kappa shape index (κ3) is 4.52. The maximum Gasteiger partial charge on any atom is 0.119 e. The highest BCUT2D eigenvalue weighted by atomic mass is 16.5. The van der Waals surface area contributed by atoms with Crippen LogP contribution < -0.4 is 4.74 Å². The van der Waals surface area contributed by atoms with Crippen LogP contribution in [0.4, 0.5) is 0 Å². The molecule has 0 radical (unpaired) electrons. The van der Waals surface area contributed by atoms with Crippen molar-refractivity contribution in [3.05, 3.63) is 29.8 Å². The second kappa shape index (κ2) is 7.88. The largest absolute Gasteiger partial charge is 0.497 e. The smallest absolute Gasteiger partial charge is 0.119 e. The predicted octanol–water partition coefficient (Wildman–Crippen LogP) is 2.45. The van der Waals surface area contributed by atoms with Gasteiger partial charge < -0.3 is 9.47 Å². The van der Waals surface area contributed by atoms with E-state index in [0.717, 1.165) is 45.0 Å². The molecule has 4 nitrogen and oxygen atoms in total. The lowest BCUT2D eigenvalue weighted by molar-refractivity contribution is 0.165. The summed E-state index contributed by atoms with van der Waals surface area (Å²) in [6, 6.07) is 10.4. The Morgan fingerprint density at radius 2 is 2.40 bits per heavy atom. The topological polar surface area (TPSA) is 45.5 Å². The molecule has 1 aliphatic rings. The van der Waals surface area contributed by atoms with Gasteiger partial charge in [0.05, 0.1) is 19.8 Å². The van der Waals surface area contributed by atoms with E-state index in [-0.39, 0.29) is 0 Å². The van der Waals surface area contributed by atoms with Crippen LogP contribution in [0.1, 0.15) is 18.4 Å². The molecule has 108 valence electrons. The molecule has 2 rings (SSSR count). The quantitative estimate of drug-likeness (QED) is 0.766. The molecule has 1 heterocycles. The van der Waals surface area contributed by atoms with Crippen LogP contribution in [-0.2, 0) is 11.3 Å². The first kappa shape index (κ1) is 14.8. The van der Waals surface area contributed by atoms with Crippen molar-refractivity contribution in [2.24, 2.45) is 5.92 Å². The molecular weight excluding hydrogens is 252 g/mol. The summed E-state index contributed by atoms with van der Waals surface area (Å²) in [6.45, 7) is 4.38. The molecule has 0 N–H and O–H groups in total. The van der Waals surface area contributed by atoms with E-state index in [9.17, 15) is 0 Å². The second-order valence-electron chi connectivity index (χ2n) is 5.22. The molecule has 1 fully saturated rings. The molecule has 0 amide bonds. The summed E-state index contributed by atoms with van der Waals surface area (Å²) in [5.74, 6) is 1.48. The molecule has 1 atom stereocenters. The summed E-state index contributed by atoms with van der Waals surface area (Å²) in [4.78, 5) is 2.34. The fourth-order valence-electron chi connectivity index (χ4n) is 2.56. The van der Waals surface area contributed by atoms with Gasteiger partial charge in [0.15, 0.2) is 0 Å². The van der Waals surface area contributed by atoms with Gasteiger partial charge in [-0.15, -0.1) is 0 Å². The molecule has 0 aliphatic carbocycles. The minimum atomic E-state index is 0.567. The minimum Gasteiger partial charge on any atom is -0.497 e. The summed E-state index contributed by atoms with van der Waals surface area (Å²) < 4.78 is 10.7. The first-order valence-electron chi connectivity index (χ1n) is 7.12. The zero-order valence-corrected chi connectivity index (χ0v) is 12.0. The van der Waals surface area contributed by atoms with Crippen molar-refractivity contribution in [2.45, 2.75) is 19.4 Å². The average Bonchev–Trinajstić information content (AvgIpc) is 2.98. The van der Waals surface area contributed by atoms with Gasteiger partial charge in [0.2, 0.25) is 0 Å². The second-order valence-corrected chi connectivity index (χ2v) is 5.22. The molecule has 1 aliphatic heterocycles. The Labute approximate surface area is 120 Å². The van der Waals surface area contributed by atoms with E-state index < -0.39 is 0 Å². The molecule has 0 spiro atoms. The number of rotatable bonds is 7. The van der Waals surface area contributed by atoms with E-state index in [0.29, 0.717) is 12.3 Å². The van der Waals surface area contributed by atoms with Crippen LogP contribution in [0.5, 0.6) is 5.75 Å². The SMILES string of the molecule is COc1cccc(CN(CCC#N)CC2CCOC2)c1. The Balaban J connectivity index is 1.96. The first-order chi connectivity index (χ1) is 9.81. The Bertz CT molecular complexity index is 450. The maximum absolute atomic E-state index is 8.80. The zero-order chi connectivity index (χ0) is 14.2. The lowest BCUT2D eigenvalue weighted by Gasteiger charge is -2.24. The molecule has 0 aromatic heterocycles. The number of nitriles is 1. The number of hydrogen-bond donors (Lipinski definition) is 0. The van der Waals surface area contributed by atoms with E-state index >= 15 is 0 Å². The highest BCUT2D eigenvalue weighted by Gasteiger charge is 2.19. The van der Waals surface area contributed by atoms with E-state index in [1.54, 1.807) is 7.11 Å². The molecule has 1 aromatic carbocycles. The Morgan fingerprint density at radius 1 is 1.50 bits per heavy atom. The zero-order valence-electron chi connectivity index (χ0n) is 12.0. The molecule has 1 saturated heterocycles. The van der Waals surface area contributed by atoms with Crippen LogP contribution in [0, 0.1) is 17.2 Å². The van der Waals surface area contributed by atoms with Crippen molar-refractivity contribution >= 4 is 0 Å². The fourth-order valence-corrected chi connectivity index (χ4v) is 2.56. The molecule has 1 unspecified atom stereocenters. The molecular formula is C16H22N2O2. The summed E-state index contributed by atoms with van der Waals surface area (Å²) in [5, 5.41) is 8.80. The van der Waals surface area contributed by atoms with Crippen LogP contribution >= 0.6 is 0 Å². The van der Waals surface area contributed by atoms with E-state index in [4.69, 9.17) is 14.7 Å². The Morgan fingerprint density at radius 3 is 3.10 bits per heavy atom. The van der Waals surface area contributed by atoms with E-state index in [1.807, 2.05) is 12.1 Å². The van der Waals surface area contributed by atoms with Gasteiger partial charge in [-0.25, -0.2) is 0 Å². The van der Waals surface area contributed by atoms with Crippen molar-refractivity contribution < 1.29 is 9.47 Å². The van der Waals surface area contributed by atoms with Gasteiger partial charge >= 0.3 is 0 Å². The van der Waals surface area contributed by atoms with Crippen molar-refractivity contribution in [2.75, 3.05) is 33.4 Å². The van der Waals surface area contributed by atoms with Crippen molar-refractivity contribution in [3.8, 4) is 11.8 Å². The number of ether oxygens (including phenoxy) is 2. The van der Waals surface area contributed by atoms with Gasteiger partial charge in [0, 0.05) is 32.7 Å². The molecule has 1 aromatic rings. The lowest BCUT2D eigenvalue weighted by atomic mass is 10.1. The van der Waals surface area contributed by atoms with Crippen molar-refractivity contribution in [1.82, 2.24) is 4.90 Å². The van der Waals surface area contributed by atoms with Crippen LogP contribution in [0.25, 0.3) is 0 Å². The lowest BCUT2D eigenvalue weighted by Crippen LogP contribution is -2.30. The van der Waals surface area contributed by atoms with Gasteiger partial charge in [-0.05, 0) is 30.0 Å². The van der Waals surface area contributed by atoms with Gasteiger partial charge in [0.1, 0.15) is 5.75 Å². The van der Waals surface area contributed by atoms with Crippen LogP contribution in [0.3, 0.4) is 0 Å². The predicted molar refractivity (Wildman–Crippen MR) is 77.4 cm³/mol. The fraction of sp³-hybridized carbons (Fsp3) is 0.562. The van der Waals surface area contributed by atoms with Crippen molar-refractivity contribution in [3.63, 3.8) is 0 Å². The van der Waals surface area contributed by atoms with Gasteiger partial charge in [-0.2, -0.15) is 5.26 Å². The van der Waals surface area contributed by atoms with Crippen molar-refractivity contribution in [1.29, 1.82) is 5.26 Å². The summed E-state index contributed by atoms with van der Waals surface area (Å²) in [5.41, 5.74) is 1.22. The van der Waals surface area contributed by atoms with Gasteiger partial charge in [-0.3, -0.25) is 4.90 Å². The summed E-state index contributed by atoms with van der Waals surface area (Å²) in [6.07, 6.45) is 1.69. The monoisotopic (exact) mass is 274 g/mol. The first-order valence-corrected chi connectivity index (χ1v) is 7.12. The number of nitrogens with zero attached hydrogens (tertiary/aromatic N) is 2. The Kier molecular flexibility index (Phi) is 5.85. The molecule has 4 heteroatoms. The van der Waals surface area contributed by atoms with Crippen LogP contribution in [-0.4, -0.2) is 38.3 Å². The summed E-state index contributed by atoms with van der Waals surface area (Å²) >= 11 is 0. The molecule has 0 bridgehead atoms. The van der Waals surface area contributed by atoms with Crippen LogP contribution in [0.15, 0.2) is 24.3 Å². The highest BCUT2D eigenvalue weighted by Crippen LogP contribution is 2.18. The molecule has 20 heavy (non-hydrogen) atoms. The maximum atomic E-state index is 8.80. The number of benzene rings is 1. The summed E-state index contributed by atoms with van der Waals surface area (Å²) in [7, 11) is 1.68. The van der Waals surface area contributed by atoms with Gasteiger partial charge in [0.25, 0.3) is 0 Å². The number of hydrogen-bond acceptors (Lipinski definition) is 4. The standard InChI is InChI=1S/C16H22N2O2/c1-19-16-5-2-4-14(10-16)11-18(8-3-7-17)12-15-6-9-20-13-15/h2,4-5,10,15H,3,6,8-9,11-13H2,1H3. The van der Waals surface area contributed by atoms with Gasteiger partial charge in [-0.1, -0.05) is 12.1 Å². The number of methoxy groups -OCH3 is 1. The molecule has 0 saturated carbocycles. The highest BCUT2D eigenvalue weighted by molar-refractivity contribution is 5.28. The van der Waals surface area contributed by atoms with E-state index in [2.05, 4.69) is 23.1 Å². The Hall–Kier alpha value is -1.57. The average molecular weight is 274 g/mol. The van der Waals surface area contributed by atoms with Crippen LogP contribution in [0.2, 0.25) is 0 Å². The third-order valence-corrected chi connectivity index (χ3v) is 3.62.